The van der Waals surface area contributed by atoms with Crippen molar-refractivity contribution < 1.29 is 4.79 Å². The van der Waals surface area contributed by atoms with Gasteiger partial charge in [0.25, 0.3) is 5.91 Å². The Morgan fingerprint density at radius 1 is 0.765 bits per heavy atom. The van der Waals surface area contributed by atoms with Crippen LogP contribution in [0.4, 0.5) is 11.4 Å². The number of aromatic nitrogens is 2. The number of piperazine rings is 1. The van der Waals surface area contributed by atoms with Gasteiger partial charge in [-0.3, -0.25) is 14.4 Å². The van der Waals surface area contributed by atoms with Gasteiger partial charge in [0.15, 0.2) is 0 Å². The molecule has 6 heteroatoms. The molecule has 1 N–H and O–H groups in total. The summed E-state index contributed by atoms with van der Waals surface area (Å²) in [6.45, 7) is 5.79. The molecule has 0 unspecified atom stereocenters. The smallest absolute Gasteiger partial charge is 0.255 e. The van der Waals surface area contributed by atoms with Gasteiger partial charge >= 0.3 is 0 Å². The second kappa shape index (κ2) is 10.4. The Morgan fingerprint density at radius 2 is 1.47 bits per heavy atom. The molecule has 172 valence electrons. The maximum absolute atomic E-state index is 12.7. The number of amides is 1. The molecular formula is C28H29N5O. The maximum Gasteiger partial charge on any atom is 0.255 e. The average Bonchev–Trinajstić information content (AvgIpc) is 3.39. The number of carbonyl (C=O) groups excluding carboxylic acids is 1. The SMILES string of the molecule is O=C(Nc1ccc(N2CCN(Cc3ccccc3)CC2)cc1)c1ccc(Cn2cccn2)cc1. The first-order valence-electron chi connectivity index (χ1n) is 11.7. The molecule has 4 aromatic rings. The zero-order valence-corrected chi connectivity index (χ0v) is 19.2. The second-order valence-corrected chi connectivity index (χ2v) is 8.65. The van der Waals surface area contributed by atoms with Crippen LogP contribution in [0.15, 0.2) is 97.3 Å². The molecule has 0 atom stereocenters. The lowest BCUT2D eigenvalue weighted by Gasteiger charge is -2.36. The third-order valence-electron chi connectivity index (χ3n) is 6.23. The van der Waals surface area contributed by atoms with Crippen LogP contribution in [0.1, 0.15) is 21.5 Å². The first-order chi connectivity index (χ1) is 16.7. The highest BCUT2D eigenvalue weighted by Gasteiger charge is 2.17. The monoisotopic (exact) mass is 451 g/mol. The zero-order chi connectivity index (χ0) is 23.2. The summed E-state index contributed by atoms with van der Waals surface area (Å²) in [5.74, 6) is -0.104. The van der Waals surface area contributed by atoms with Crippen molar-refractivity contribution in [3.63, 3.8) is 0 Å². The lowest BCUT2D eigenvalue weighted by Crippen LogP contribution is -2.45. The summed E-state index contributed by atoms with van der Waals surface area (Å²) < 4.78 is 1.86. The number of hydrogen-bond donors (Lipinski definition) is 1. The fraction of sp³-hybridized carbons (Fsp3) is 0.214. The van der Waals surface area contributed by atoms with E-state index in [0.717, 1.165) is 44.0 Å². The van der Waals surface area contributed by atoms with E-state index in [-0.39, 0.29) is 5.91 Å². The number of hydrogen-bond acceptors (Lipinski definition) is 4. The van der Waals surface area contributed by atoms with E-state index in [1.807, 2.05) is 53.3 Å². The topological polar surface area (TPSA) is 53.4 Å². The number of benzene rings is 3. The zero-order valence-electron chi connectivity index (χ0n) is 19.2. The molecule has 0 spiro atoms. The summed E-state index contributed by atoms with van der Waals surface area (Å²) >= 11 is 0. The molecular weight excluding hydrogens is 422 g/mol. The van der Waals surface area contributed by atoms with E-state index in [9.17, 15) is 4.79 Å². The third-order valence-corrected chi connectivity index (χ3v) is 6.23. The second-order valence-electron chi connectivity index (χ2n) is 8.65. The minimum absolute atomic E-state index is 0.104. The van der Waals surface area contributed by atoms with Gasteiger partial charge in [-0.15, -0.1) is 0 Å². The van der Waals surface area contributed by atoms with Gasteiger partial charge in [0.05, 0.1) is 6.54 Å². The summed E-state index contributed by atoms with van der Waals surface area (Å²) in [5, 5.41) is 7.22. The average molecular weight is 452 g/mol. The Morgan fingerprint density at radius 3 is 2.15 bits per heavy atom. The Hall–Kier alpha value is -3.90. The van der Waals surface area contributed by atoms with E-state index in [1.54, 1.807) is 6.20 Å². The highest BCUT2D eigenvalue weighted by Crippen LogP contribution is 2.21. The molecule has 1 aromatic heterocycles. The van der Waals surface area contributed by atoms with Crippen LogP contribution >= 0.6 is 0 Å². The van der Waals surface area contributed by atoms with Crippen LogP contribution in [0.2, 0.25) is 0 Å². The highest BCUT2D eigenvalue weighted by molar-refractivity contribution is 6.04. The largest absolute Gasteiger partial charge is 0.369 e. The Balaban J connectivity index is 1.12. The van der Waals surface area contributed by atoms with Gasteiger partial charge in [-0.25, -0.2) is 0 Å². The molecule has 2 heterocycles. The van der Waals surface area contributed by atoms with Gasteiger partial charge in [0, 0.05) is 62.1 Å². The molecule has 1 saturated heterocycles. The van der Waals surface area contributed by atoms with Gasteiger partial charge in [-0.05, 0) is 53.6 Å². The molecule has 1 aliphatic heterocycles. The van der Waals surface area contributed by atoms with Crippen molar-refractivity contribution >= 4 is 17.3 Å². The fourth-order valence-corrected chi connectivity index (χ4v) is 4.31. The van der Waals surface area contributed by atoms with Crippen LogP contribution < -0.4 is 10.2 Å². The van der Waals surface area contributed by atoms with Crippen LogP contribution in [0.3, 0.4) is 0 Å². The standard InChI is InChI=1S/C28H29N5O/c34-28(25-9-7-24(8-10-25)22-33-16-4-15-29-33)30-26-11-13-27(14-12-26)32-19-17-31(18-20-32)21-23-5-2-1-3-6-23/h1-16H,17-22H2,(H,30,34). The van der Waals surface area contributed by atoms with Crippen molar-refractivity contribution in [2.75, 3.05) is 36.4 Å². The first-order valence-corrected chi connectivity index (χ1v) is 11.7. The number of carbonyl (C=O) groups is 1. The van der Waals surface area contributed by atoms with Gasteiger partial charge in [-0.2, -0.15) is 5.10 Å². The minimum Gasteiger partial charge on any atom is -0.369 e. The predicted molar refractivity (Wildman–Crippen MR) is 136 cm³/mol. The summed E-state index contributed by atoms with van der Waals surface area (Å²) in [6.07, 6.45) is 3.69. The molecule has 0 aliphatic carbocycles. The van der Waals surface area contributed by atoms with Crippen LogP contribution in [0.5, 0.6) is 0 Å². The van der Waals surface area contributed by atoms with Crippen molar-refractivity contribution in [3.05, 3.63) is 114 Å². The summed E-state index contributed by atoms with van der Waals surface area (Å²) in [5.41, 5.74) is 5.11. The number of nitrogens with zero attached hydrogens (tertiary/aromatic N) is 4. The van der Waals surface area contributed by atoms with E-state index in [0.29, 0.717) is 12.1 Å². The van der Waals surface area contributed by atoms with E-state index >= 15 is 0 Å². The highest BCUT2D eigenvalue weighted by atomic mass is 16.1. The normalized spacial score (nSPS) is 14.2. The van der Waals surface area contributed by atoms with Crippen LogP contribution in [-0.2, 0) is 13.1 Å². The minimum atomic E-state index is -0.104. The van der Waals surface area contributed by atoms with Crippen molar-refractivity contribution in [1.82, 2.24) is 14.7 Å². The van der Waals surface area contributed by atoms with Crippen LogP contribution in [-0.4, -0.2) is 46.8 Å². The molecule has 1 fully saturated rings. The Bertz CT molecular complexity index is 1180. The summed E-state index contributed by atoms with van der Waals surface area (Å²) in [6, 6.07) is 28.4. The van der Waals surface area contributed by atoms with Gasteiger partial charge in [0.2, 0.25) is 0 Å². The number of anilines is 2. The van der Waals surface area contributed by atoms with Crippen molar-refractivity contribution in [3.8, 4) is 0 Å². The van der Waals surface area contributed by atoms with Gasteiger partial charge in [0.1, 0.15) is 0 Å². The molecule has 0 saturated carbocycles. The van der Waals surface area contributed by atoms with Gasteiger partial charge in [-0.1, -0.05) is 42.5 Å². The van der Waals surface area contributed by atoms with Crippen molar-refractivity contribution in [2.45, 2.75) is 13.1 Å². The van der Waals surface area contributed by atoms with E-state index in [2.05, 4.69) is 62.7 Å². The van der Waals surface area contributed by atoms with Crippen molar-refractivity contribution in [1.29, 1.82) is 0 Å². The van der Waals surface area contributed by atoms with E-state index in [1.165, 1.54) is 11.3 Å². The Labute approximate surface area is 200 Å². The van der Waals surface area contributed by atoms with E-state index in [4.69, 9.17) is 0 Å². The number of rotatable bonds is 7. The fourth-order valence-electron chi connectivity index (χ4n) is 4.31. The molecule has 1 amide bonds. The lowest BCUT2D eigenvalue weighted by atomic mass is 10.1. The van der Waals surface area contributed by atoms with Crippen LogP contribution in [0, 0.1) is 0 Å². The predicted octanol–water partition coefficient (Wildman–Crippen LogP) is 4.51. The summed E-state index contributed by atoms with van der Waals surface area (Å²) in [4.78, 5) is 17.6. The van der Waals surface area contributed by atoms with Gasteiger partial charge < -0.3 is 10.2 Å². The quantitative estimate of drug-likeness (QED) is 0.449. The molecule has 0 bridgehead atoms. The molecule has 34 heavy (non-hydrogen) atoms. The van der Waals surface area contributed by atoms with Crippen molar-refractivity contribution in [2.24, 2.45) is 0 Å². The van der Waals surface area contributed by atoms with E-state index < -0.39 is 0 Å². The molecule has 1 aliphatic rings. The maximum atomic E-state index is 12.7. The lowest BCUT2D eigenvalue weighted by molar-refractivity contribution is 0.102. The first kappa shape index (κ1) is 21.9. The molecule has 6 nitrogen and oxygen atoms in total. The Kier molecular flexibility index (Phi) is 6.68. The summed E-state index contributed by atoms with van der Waals surface area (Å²) in [7, 11) is 0. The molecule has 0 radical (unpaired) electrons. The third kappa shape index (κ3) is 5.53. The molecule has 3 aromatic carbocycles. The van der Waals surface area contributed by atoms with Crippen LogP contribution in [0.25, 0.3) is 0 Å². The number of nitrogens with one attached hydrogen (secondary N) is 1. The molecule has 5 rings (SSSR count).